The molecule has 1 aromatic heterocycles. The minimum Gasteiger partial charge on any atom is -0.504 e. The molecule has 40 heavy (non-hydrogen) atoms. The van der Waals surface area contributed by atoms with Gasteiger partial charge in [-0.25, -0.2) is 4.98 Å². The lowest BCUT2D eigenvalue weighted by molar-refractivity contribution is -0.280. The Bertz CT molecular complexity index is 1470. The van der Waals surface area contributed by atoms with Crippen LogP contribution < -0.4 is 9.47 Å². The van der Waals surface area contributed by atoms with E-state index in [1.165, 1.54) is 30.5 Å². The van der Waals surface area contributed by atoms with Crippen LogP contribution in [-0.2, 0) is 16.6 Å². The van der Waals surface area contributed by atoms with Crippen molar-refractivity contribution in [2.45, 2.75) is 68.1 Å². The number of hydrogen-bond acceptors (Lipinski definition) is 6. The number of phenols is 1. The number of phenolic OH excluding ortho intramolecular Hbond substituents is 1. The highest BCUT2D eigenvalue weighted by Gasteiger charge is 2.80. The smallest absolute Gasteiger partial charge is 0.165 e. The zero-order chi connectivity index (χ0) is 26.7. The third kappa shape index (κ3) is 2.85. The Morgan fingerprint density at radius 1 is 1.10 bits per heavy atom. The van der Waals surface area contributed by atoms with Gasteiger partial charge in [-0.05, 0) is 93.3 Å². The molecule has 208 valence electrons. The van der Waals surface area contributed by atoms with Gasteiger partial charge in [0.1, 0.15) is 17.5 Å². The van der Waals surface area contributed by atoms with Gasteiger partial charge < -0.3 is 23.9 Å². The second kappa shape index (κ2) is 8.04. The largest absolute Gasteiger partial charge is 0.504 e. The zero-order valence-corrected chi connectivity index (χ0v) is 23.1. The Labute approximate surface area is 235 Å². The van der Waals surface area contributed by atoms with Gasteiger partial charge in [-0.15, -0.1) is 0 Å². The molecule has 2 spiro atoms. The van der Waals surface area contributed by atoms with Gasteiger partial charge in [0.2, 0.25) is 0 Å². The molecule has 7 aliphatic rings. The van der Waals surface area contributed by atoms with E-state index in [9.17, 15) is 5.11 Å². The number of ether oxygens (including phenoxy) is 3. The fourth-order valence-electron chi connectivity index (χ4n) is 10.1. The van der Waals surface area contributed by atoms with E-state index in [1.807, 2.05) is 30.3 Å². The minimum atomic E-state index is -0.443. The predicted octanol–water partition coefficient (Wildman–Crippen LogP) is 4.88. The van der Waals surface area contributed by atoms with Crippen LogP contribution in [0, 0.1) is 17.3 Å². The molecule has 4 bridgehead atoms. The van der Waals surface area contributed by atoms with E-state index >= 15 is 0 Å². The Morgan fingerprint density at radius 3 is 2.75 bits per heavy atom. The first-order valence-corrected chi connectivity index (χ1v) is 15.1. The molecule has 3 unspecified atom stereocenters. The number of piperidine rings is 1. The van der Waals surface area contributed by atoms with Gasteiger partial charge in [-0.2, -0.15) is 0 Å². The number of hydrogen-bond donors (Lipinski definition) is 1. The molecule has 3 heterocycles. The molecule has 1 saturated heterocycles. The summed E-state index contributed by atoms with van der Waals surface area (Å²) in [7, 11) is 1.87. The topological polar surface area (TPSA) is 69.0 Å². The van der Waals surface area contributed by atoms with Gasteiger partial charge in [0.05, 0.1) is 12.9 Å². The van der Waals surface area contributed by atoms with Crippen molar-refractivity contribution >= 4 is 0 Å². The van der Waals surface area contributed by atoms with Crippen LogP contribution >= 0.6 is 0 Å². The Morgan fingerprint density at radius 2 is 1.98 bits per heavy atom. The minimum absolute atomic E-state index is 0.0994. The van der Waals surface area contributed by atoms with Gasteiger partial charge >= 0.3 is 0 Å². The highest BCUT2D eigenvalue weighted by atomic mass is 16.6. The lowest BCUT2D eigenvalue weighted by atomic mass is 9.35. The molecule has 2 aliphatic heterocycles. The maximum absolute atomic E-state index is 11.0. The van der Waals surface area contributed by atoms with Crippen molar-refractivity contribution in [1.29, 1.82) is 0 Å². The van der Waals surface area contributed by atoms with Crippen LogP contribution in [0.3, 0.4) is 0 Å². The number of benzene rings is 2. The molecular weight excluding hydrogens is 502 g/mol. The van der Waals surface area contributed by atoms with E-state index in [0.717, 1.165) is 61.8 Å². The maximum Gasteiger partial charge on any atom is 0.165 e. The normalized spacial score (nSPS) is 36.8. The lowest BCUT2D eigenvalue weighted by Crippen LogP contribution is -2.81. The van der Waals surface area contributed by atoms with Crippen LogP contribution in [-0.4, -0.2) is 64.1 Å². The summed E-state index contributed by atoms with van der Waals surface area (Å²) in [5.41, 5.74) is 3.33. The standard InChI is InChI=1S/C33H37N3O4/c1-38-33-11-10-31(17-23(33)19-39-25-7-5-24(6-8-25)36-15-13-34-20-36)27-16-22-4-9-26(37)29-28(22)32(31,30(33)40-29)12-14-35(27)18-21-2-3-21/h4-9,13,15,20-21,23,27,30,37H,2-3,10-12,14,16-19H2,1H3/t23-,27-,30-,31?,32?,33?/m1/s1. The molecule has 0 amide bonds. The molecule has 5 fully saturated rings. The van der Waals surface area contributed by atoms with Gasteiger partial charge in [0.25, 0.3) is 0 Å². The van der Waals surface area contributed by atoms with Crippen molar-refractivity contribution in [1.82, 2.24) is 14.5 Å². The van der Waals surface area contributed by atoms with E-state index in [0.29, 0.717) is 12.6 Å². The Balaban J connectivity index is 1.10. The molecule has 4 saturated carbocycles. The van der Waals surface area contributed by atoms with Crippen molar-refractivity contribution in [2.24, 2.45) is 17.3 Å². The molecule has 2 aromatic carbocycles. The SMILES string of the molecule is COC12CCC3(C[C@@H]1COc1ccc(-n4ccnc4)cc1)[C@H]1Cc4ccc(O)c5c4C3(CCN1CC1CC1)[C@H]2O5. The van der Waals surface area contributed by atoms with Crippen molar-refractivity contribution in [2.75, 3.05) is 26.8 Å². The summed E-state index contributed by atoms with van der Waals surface area (Å²) in [6.45, 7) is 2.94. The van der Waals surface area contributed by atoms with Crippen molar-refractivity contribution < 1.29 is 19.3 Å². The van der Waals surface area contributed by atoms with Crippen molar-refractivity contribution in [3.8, 4) is 22.9 Å². The fourth-order valence-corrected chi connectivity index (χ4v) is 10.1. The first-order valence-electron chi connectivity index (χ1n) is 15.1. The second-order valence-electron chi connectivity index (χ2n) is 13.3. The number of aromatic hydroxyl groups is 1. The number of fused-ring (bicyclic) bond motifs is 2. The lowest BCUT2D eigenvalue weighted by Gasteiger charge is -2.73. The summed E-state index contributed by atoms with van der Waals surface area (Å²) in [6, 6.07) is 12.8. The number of likely N-dealkylation sites (tertiary alicyclic amines) is 1. The summed E-state index contributed by atoms with van der Waals surface area (Å²) in [6.07, 6.45) is 13.5. The van der Waals surface area contributed by atoms with E-state index in [1.54, 1.807) is 6.20 Å². The predicted molar refractivity (Wildman–Crippen MR) is 149 cm³/mol. The monoisotopic (exact) mass is 539 g/mol. The quantitative estimate of drug-likeness (QED) is 0.462. The molecule has 10 rings (SSSR count). The molecule has 6 atom stereocenters. The van der Waals surface area contributed by atoms with Crippen LogP contribution in [0.15, 0.2) is 55.1 Å². The first-order chi connectivity index (χ1) is 19.6. The molecule has 5 aliphatic carbocycles. The van der Waals surface area contributed by atoms with E-state index in [-0.39, 0.29) is 28.6 Å². The fraction of sp³-hybridized carbons (Fsp3) is 0.545. The highest BCUT2D eigenvalue weighted by Crippen LogP contribution is 2.76. The van der Waals surface area contributed by atoms with Crippen LogP contribution in [0.1, 0.15) is 49.7 Å². The molecule has 3 aromatic rings. The number of rotatable bonds is 7. The van der Waals surface area contributed by atoms with Crippen LogP contribution in [0.2, 0.25) is 0 Å². The average Bonchev–Trinajstić information content (AvgIpc) is 3.47. The summed E-state index contributed by atoms with van der Waals surface area (Å²) < 4.78 is 22.1. The molecule has 7 nitrogen and oxygen atoms in total. The first kappa shape index (κ1) is 23.7. The van der Waals surface area contributed by atoms with Gasteiger partial charge in [0, 0.05) is 60.1 Å². The maximum atomic E-state index is 11.0. The zero-order valence-electron chi connectivity index (χ0n) is 23.1. The van der Waals surface area contributed by atoms with Gasteiger partial charge in [0.15, 0.2) is 11.5 Å². The van der Waals surface area contributed by atoms with Crippen LogP contribution in [0.4, 0.5) is 0 Å². The van der Waals surface area contributed by atoms with Gasteiger partial charge in [-0.1, -0.05) is 6.07 Å². The van der Waals surface area contributed by atoms with Crippen molar-refractivity contribution in [3.05, 3.63) is 66.2 Å². The third-order valence-electron chi connectivity index (χ3n) is 11.9. The van der Waals surface area contributed by atoms with E-state index in [2.05, 4.69) is 40.2 Å². The number of aromatic nitrogens is 2. The second-order valence-corrected chi connectivity index (χ2v) is 13.3. The highest BCUT2D eigenvalue weighted by molar-refractivity contribution is 5.63. The number of imidazole rings is 1. The summed E-state index contributed by atoms with van der Waals surface area (Å²) in [5.74, 6) is 2.97. The third-order valence-corrected chi connectivity index (χ3v) is 11.9. The molecule has 7 heteroatoms. The van der Waals surface area contributed by atoms with Crippen LogP contribution in [0.5, 0.6) is 17.2 Å². The average molecular weight is 540 g/mol. The summed E-state index contributed by atoms with van der Waals surface area (Å²) in [5, 5.41) is 11.0. The van der Waals surface area contributed by atoms with E-state index in [4.69, 9.17) is 14.2 Å². The van der Waals surface area contributed by atoms with Crippen LogP contribution in [0.25, 0.3) is 5.69 Å². The summed E-state index contributed by atoms with van der Waals surface area (Å²) >= 11 is 0. The molecule has 0 radical (unpaired) electrons. The molecule has 1 N–H and O–H groups in total. The number of nitrogens with zero attached hydrogens (tertiary/aromatic N) is 3. The van der Waals surface area contributed by atoms with Gasteiger partial charge in [-0.3, -0.25) is 4.90 Å². The number of methoxy groups -OCH3 is 1. The van der Waals surface area contributed by atoms with Crippen molar-refractivity contribution in [3.63, 3.8) is 0 Å². The summed E-state index contributed by atoms with van der Waals surface area (Å²) in [4.78, 5) is 7.01. The Hall–Kier alpha value is -3.03. The molecular formula is C33H37N3O4. The Kier molecular flexibility index (Phi) is 4.75. The van der Waals surface area contributed by atoms with E-state index < -0.39 is 5.60 Å².